The predicted molar refractivity (Wildman–Crippen MR) is 133 cm³/mol. The van der Waals surface area contributed by atoms with Crippen LogP contribution in [0.15, 0.2) is 54.9 Å². The molecule has 0 radical (unpaired) electrons. The van der Waals surface area contributed by atoms with Crippen molar-refractivity contribution in [1.82, 2.24) is 9.97 Å². The summed E-state index contributed by atoms with van der Waals surface area (Å²) in [7, 11) is 0. The number of piperidine rings is 1. The van der Waals surface area contributed by atoms with Gasteiger partial charge in [-0.25, -0.2) is 9.97 Å². The molecule has 4 rings (SSSR count). The number of aromatic nitrogens is 2. The van der Waals surface area contributed by atoms with E-state index in [4.69, 9.17) is 27.9 Å². The largest absolute Gasteiger partial charge is 0.465 e. The molecule has 1 fully saturated rings. The third kappa shape index (κ3) is 5.22. The van der Waals surface area contributed by atoms with Gasteiger partial charge in [0.15, 0.2) is 0 Å². The van der Waals surface area contributed by atoms with Gasteiger partial charge in [0.2, 0.25) is 0 Å². The second kappa shape index (κ2) is 10.6. The van der Waals surface area contributed by atoms with Crippen LogP contribution in [-0.4, -0.2) is 35.6 Å². The number of pyridine rings is 2. The second-order valence-corrected chi connectivity index (χ2v) is 9.34. The van der Waals surface area contributed by atoms with Gasteiger partial charge >= 0.3 is 12.1 Å². The van der Waals surface area contributed by atoms with Gasteiger partial charge in [0.25, 0.3) is 0 Å². The molecule has 2 unspecified atom stereocenters. The van der Waals surface area contributed by atoms with E-state index in [1.165, 1.54) is 12.3 Å². The number of halogens is 5. The summed E-state index contributed by atoms with van der Waals surface area (Å²) in [5.41, 5.74) is -0.617. The molecule has 1 saturated heterocycles. The summed E-state index contributed by atoms with van der Waals surface area (Å²) in [5, 5.41) is 10.2. The predicted octanol–water partition coefficient (Wildman–Crippen LogP) is 6.17. The van der Waals surface area contributed by atoms with E-state index in [0.29, 0.717) is 16.8 Å². The molecule has 1 aromatic carbocycles. The molecular weight excluding hydrogens is 528 g/mol. The van der Waals surface area contributed by atoms with Crippen molar-refractivity contribution in [1.29, 1.82) is 5.26 Å². The highest BCUT2D eigenvalue weighted by atomic mass is 35.5. The van der Waals surface area contributed by atoms with Crippen LogP contribution in [0.4, 0.5) is 18.9 Å². The zero-order valence-electron chi connectivity index (χ0n) is 19.6. The summed E-state index contributed by atoms with van der Waals surface area (Å²) < 4.78 is 45.3. The number of anilines is 1. The fraction of sp³-hybridized carbons (Fsp3) is 0.308. The van der Waals surface area contributed by atoms with Crippen LogP contribution in [0.1, 0.15) is 41.5 Å². The van der Waals surface area contributed by atoms with Gasteiger partial charge in [0, 0.05) is 31.4 Å². The molecule has 2 atom stereocenters. The number of carbonyl (C=O) groups excluding carboxylic acids is 1. The Bertz CT molecular complexity index is 1330. The van der Waals surface area contributed by atoms with E-state index in [2.05, 4.69) is 9.97 Å². The third-order valence-corrected chi connectivity index (χ3v) is 7.04. The number of carbonyl (C=O) groups is 1. The van der Waals surface area contributed by atoms with Crippen LogP contribution in [-0.2, 0) is 21.1 Å². The average Bonchev–Trinajstić information content (AvgIpc) is 2.88. The van der Waals surface area contributed by atoms with Crippen molar-refractivity contribution in [3.8, 4) is 6.07 Å². The maximum atomic E-state index is 13.7. The van der Waals surface area contributed by atoms with Crippen LogP contribution in [0.2, 0.25) is 10.3 Å². The summed E-state index contributed by atoms with van der Waals surface area (Å²) in [4.78, 5) is 23.8. The zero-order chi connectivity index (χ0) is 26.8. The Balaban J connectivity index is 1.85. The molecule has 1 aliphatic rings. The van der Waals surface area contributed by atoms with Crippen LogP contribution < -0.4 is 4.90 Å². The molecule has 1 aliphatic heterocycles. The van der Waals surface area contributed by atoms with Crippen LogP contribution in [0.3, 0.4) is 0 Å². The highest BCUT2D eigenvalue weighted by molar-refractivity contribution is 6.29. The van der Waals surface area contributed by atoms with Crippen LogP contribution in [0.5, 0.6) is 0 Å². The standard InChI is InChI=1S/C26H21Cl2F3N4O2/c1-2-37-24(36)25(19-5-8-23(28)34-14-19)9-10-35(15-20(25)16-3-7-22(27)33-13-16)21-6-4-18(26(29,30)31)11-17(21)12-32/h3-8,11,13-14,20H,2,9-10,15H2,1H3. The number of benzene rings is 1. The van der Waals surface area contributed by atoms with Crippen LogP contribution in [0.25, 0.3) is 0 Å². The molecule has 2 aromatic heterocycles. The lowest BCUT2D eigenvalue weighted by Gasteiger charge is -2.47. The first-order chi connectivity index (χ1) is 17.6. The number of ether oxygens (including phenoxy) is 1. The Morgan fingerprint density at radius 2 is 1.86 bits per heavy atom. The minimum absolute atomic E-state index is 0.111. The lowest BCUT2D eigenvalue weighted by atomic mass is 9.64. The van der Waals surface area contributed by atoms with Gasteiger partial charge in [-0.05, 0) is 54.8 Å². The molecule has 0 N–H and O–H groups in total. The van der Waals surface area contributed by atoms with Crippen LogP contribution in [0, 0.1) is 11.3 Å². The van der Waals surface area contributed by atoms with Crippen molar-refractivity contribution >= 4 is 34.9 Å². The molecule has 0 amide bonds. The minimum atomic E-state index is -4.58. The molecule has 6 nitrogen and oxygen atoms in total. The number of nitrogens with zero attached hydrogens (tertiary/aromatic N) is 4. The Morgan fingerprint density at radius 1 is 1.16 bits per heavy atom. The van der Waals surface area contributed by atoms with Gasteiger partial charge in [-0.15, -0.1) is 0 Å². The SMILES string of the molecule is CCOC(=O)C1(c2ccc(Cl)nc2)CCN(c2ccc(C(F)(F)F)cc2C#N)CC1c1ccc(Cl)nc1. The lowest BCUT2D eigenvalue weighted by molar-refractivity contribution is -0.152. The number of hydrogen-bond donors (Lipinski definition) is 0. The van der Waals surface area contributed by atoms with Crippen molar-refractivity contribution in [2.75, 3.05) is 24.6 Å². The molecule has 0 bridgehead atoms. The van der Waals surface area contributed by atoms with Crippen LogP contribution >= 0.6 is 23.2 Å². The maximum absolute atomic E-state index is 13.7. The summed E-state index contributed by atoms with van der Waals surface area (Å²) in [6, 6.07) is 11.6. The molecule has 3 aromatic rings. The lowest BCUT2D eigenvalue weighted by Crippen LogP contribution is -2.54. The van der Waals surface area contributed by atoms with Crippen molar-refractivity contribution in [3.05, 3.63) is 87.4 Å². The first-order valence-electron chi connectivity index (χ1n) is 11.4. The molecule has 192 valence electrons. The van der Waals surface area contributed by atoms with E-state index < -0.39 is 29.0 Å². The van der Waals surface area contributed by atoms with Gasteiger partial charge < -0.3 is 9.64 Å². The van der Waals surface area contributed by atoms with Gasteiger partial charge in [-0.1, -0.05) is 35.3 Å². The number of hydrogen-bond acceptors (Lipinski definition) is 6. The Morgan fingerprint density at radius 3 is 2.43 bits per heavy atom. The van der Waals surface area contributed by atoms with Gasteiger partial charge in [0.05, 0.1) is 23.4 Å². The average molecular weight is 549 g/mol. The molecule has 37 heavy (non-hydrogen) atoms. The first kappa shape index (κ1) is 26.7. The Hall–Kier alpha value is -3.35. The smallest absolute Gasteiger partial charge is 0.416 e. The Kier molecular flexibility index (Phi) is 7.62. The number of esters is 1. The van der Waals surface area contributed by atoms with Gasteiger partial charge in [-0.3, -0.25) is 4.79 Å². The van der Waals surface area contributed by atoms with Crippen molar-refractivity contribution in [3.63, 3.8) is 0 Å². The van der Waals surface area contributed by atoms with E-state index in [9.17, 15) is 23.2 Å². The highest BCUT2D eigenvalue weighted by Crippen LogP contribution is 2.48. The van der Waals surface area contributed by atoms with E-state index in [-0.39, 0.29) is 42.0 Å². The van der Waals surface area contributed by atoms with Gasteiger partial charge in [0.1, 0.15) is 21.8 Å². The topological polar surface area (TPSA) is 79.1 Å². The summed E-state index contributed by atoms with van der Waals surface area (Å²) >= 11 is 12.0. The minimum Gasteiger partial charge on any atom is -0.465 e. The monoisotopic (exact) mass is 548 g/mol. The quantitative estimate of drug-likeness (QED) is 0.280. The number of rotatable bonds is 5. The summed E-state index contributed by atoms with van der Waals surface area (Å²) in [5.74, 6) is -1.03. The van der Waals surface area contributed by atoms with E-state index >= 15 is 0 Å². The summed E-state index contributed by atoms with van der Waals surface area (Å²) in [6.07, 6.45) is -1.26. The normalized spacial score (nSPS) is 19.8. The fourth-order valence-electron chi connectivity index (χ4n) is 4.84. The highest BCUT2D eigenvalue weighted by Gasteiger charge is 2.52. The van der Waals surface area contributed by atoms with E-state index in [1.54, 1.807) is 42.3 Å². The number of nitriles is 1. The van der Waals surface area contributed by atoms with E-state index in [0.717, 1.165) is 12.1 Å². The fourth-order valence-corrected chi connectivity index (χ4v) is 5.06. The molecule has 11 heteroatoms. The first-order valence-corrected chi connectivity index (χ1v) is 12.1. The zero-order valence-corrected chi connectivity index (χ0v) is 21.1. The molecule has 0 spiro atoms. The number of alkyl halides is 3. The maximum Gasteiger partial charge on any atom is 0.416 e. The van der Waals surface area contributed by atoms with E-state index in [1.807, 2.05) is 6.07 Å². The van der Waals surface area contributed by atoms with Gasteiger partial charge in [-0.2, -0.15) is 18.4 Å². The Labute approximate surface area is 221 Å². The molecule has 0 saturated carbocycles. The third-order valence-electron chi connectivity index (χ3n) is 6.59. The van der Waals surface area contributed by atoms with Crippen molar-refractivity contribution in [2.24, 2.45) is 0 Å². The van der Waals surface area contributed by atoms with Crippen molar-refractivity contribution < 1.29 is 22.7 Å². The molecular formula is C26H21Cl2F3N4O2. The second-order valence-electron chi connectivity index (χ2n) is 8.57. The summed E-state index contributed by atoms with van der Waals surface area (Å²) in [6.45, 7) is 2.30. The van der Waals surface area contributed by atoms with Crippen molar-refractivity contribution in [2.45, 2.75) is 30.9 Å². The molecule has 3 heterocycles. The molecule has 0 aliphatic carbocycles.